The van der Waals surface area contributed by atoms with Crippen molar-refractivity contribution in [3.63, 3.8) is 0 Å². The highest BCUT2D eigenvalue weighted by Gasteiger charge is 2.40. The summed E-state index contributed by atoms with van der Waals surface area (Å²) in [7, 11) is 0. The average molecular weight is 329 g/mol. The molecule has 0 saturated carbocycles. The summed E-state index contributed by atoms with van der Waals surface area (Å²) in [5.41, 5.74) is 3.65. The maximum atomic E-state index is 8.06. The zero-order chi connectivity index (χ0) is 17.9. The van der Waals surface area contributed by atoms with Gasteiger partial charge in [0.25, 0.3) is 5.54 Å². The molecular weight excluding hydrogens is 306 g/mol. The normalized spacial score (nSPS) is 11.3. The molecule has 126 valence electrons. The fraction of sp³-hybridized carbons (Fsp3) is 0.273. The number of nitrogens with zero attached hydrogens (tertiary/aromatic N) is 3. The first-order valence-electron chi connectivity index (χ1n) is 8.58. The average Bonchev–Trinajstić information content (AvgIpc) is 2.90. The highest BCUT2D eigenvalue weighted by molar-refractivity contribution is 5.42. The Balaban J connectivity index is 2.05. The Kier molecular flexibility index (Phi) is 4.72. The van der Waals surface area contributed by atoms with Crippen molar-refractivity contribution < 1.29 is 0 Å². The third-order valence-electron chi connectivity index (χ3n) is 5.04. The second-order valence-corrected chi connectivity index (χ2v) is 6.44. The van der Waals surface area contributed by atoms with Gasteiger partial charge in [-0.25, -0.2) is 11.6 Å². The molecular formula is C22H23N3. The molecule has 3 nitrogen and oxygen atoms in total. The molecule has 25 heavy (non-hydrogen) atoms. The molecule has 0 aliphatic heterocycles. The van der Waals surface area contributed by atoms with E-state index in [-0.39, 0.29) is 0 Å². The smallest absolute Gasteiger partial charge is 0.284 e. The number of hydrogen-bond acceptors (Lipinski definition) is 1. The molecule has 2 aromatic carbocycles. The molecule has 0 atom stereocenters. The van der Waals surface area contributed by atoms with E-state index in [1.165, 1.54) is 5.69 Å². The van der Waals surface area contributed by atoms with Crippen LogP contribution in [0.5, 0.6) is 0 Å². The lowest BCUT2D eigenvalue weighted by atomic mass is 9.80. The van der Waals surface area contributed by atoms with E-state index in [0.717, 1.165) is 29.2 Å². The molecule has 0 aliphatic rings. The zero-order valence-corrected chi connectivity index (χ0v) is 15.0. The molecule has 3 heteroatoms. The fourth-order valence-electron chi connectivity index (χ4n) is 3.49. The topological polar surface area (TPSA) is 22.2 Å². The molecule has 0 saturated heterocycles. The van der Waals surface area contributed by atoms with E-state index in [2.05, 4.69) is 45.6 Å². The van der Waals surface area contributed by atoms with Crippen LogP contribution in [-0.2, 0) is 12.1 Å². The van der Waals surface area contributed by atoms with Gasteiger partial charge in [-0.1, -0.05) is 60.7 Å². The van der Waals surface area contributed by atoms with Crippen LogP contribution in [0.2, 0.25) is 0 Å². The van der Waals surface area contributed by atoms with E-state index in [1.807, 2.05) is 50.2 Å². The summed E-state index contributed by atoms with van der Waals surface area (Å²) in [6.45, 7) is 15.0. The van der Waals surface area contributed by atoms with Crippen LogP contribution < -0.4 is 0 Å². The Labute approximate surface area is 149 Å². The van der Waals surface area contributed by atoms with E-state index in [4.69, 9.17) is 6.57 Å². The van der Waals surface area contributed by atoms with Crippen LogP contribution in [0.1, 0.15) is 34.8 Å². The summed E-state index contributed by atoms with van der Waals surface area (Å²) < 4.78 is 2.22. The van der Waals surface area contributed by atoms with Gasteiger partial charge in [0.15, 0.2) is 0 Å². The molecule has 3 aromatic rings. The number of aromatic nitrogens is 2. The molecule has 0 bridgehead atoms. The van der Waals surface area contributed by atoms with Crippen molar-refractivity contribution in [2.45, 2.75) is 39.3 Å². The van der Waals surface area contributed by atoms with Gasteiger partial charge in [-0.3, -0.25) is 4.85 Å². The van der Waals surface area contributed by atoms with Crippen molar-refractivity contribution in [2.24, 2.45) is 0 Å². The molecule has 1 heterocycles. The van der Waals surface area contributed by atoms with Gasteiger partial charge < -0.3 is 4.57 Å². The first kappa shape index (κ1) is 17.0. The molecule has 0 unspecified atom stereocenters. The van der Waals surface area contributed by atoms with E-state index in [1.54, 1.807) is 0 Å². The van der Waals surface area contributed by atoms with E-state index < -0.39 is 5.54 Å². The summed E-state index contributed by atoms with van der Waals surface area (Å²) in [6.07, 6.45) is 0.710. The van der Waals surface area contributed by atoms with Gasteiger partial charge >= 0.3 is 0 Å². The fourth-order valence-corrected chi connectivity index (χ4v) is 3.49. The quantitative estimate of drug-likeness (QED) is 0.600. The summed E-state index contributed by atoms with van der Waals surface area (Å²) in [4.78, 5) is 8.73. The second-order valence-electron chi connectivity index (χ2n) is 6.44. The van der Waals surface area contributed by atoms with Gasteiger partial charge in [0.2, 0.25) is 0 Å². The predicted molar refractivity (Wildman–Crippen MR) is 101 cm³/mol. The highest BCUT2D eigenvalue weighted by Crippen LogP contribution is 2.38. The lowest BCUT2D eigenvalue weighted by Gasteiger charge is -2.24. The van der Waals surface area contributed by atoms with Gasteiger partial charge in [-0.2, -0.15) is 0 Å². The number of benzene rings is 2. The Morgan fingerprint density at radius 1 is 0.920 bits per heavy atom. The van der Waals surface area contributed by atoms with Gasteiger partial charge in [0.05, 0.1) is 12.1 Å². The first-order valence-corrected chi connectivity index (χ1v) is 8.58. The maximum Gasteiger partial charge on any atom is 0.284 e. The molecule has 1 aromatic heterocycles. The van der Waals surface area contributed by atoms with Crippen molar-refractivity contribution in [1.82, 2.24) is 9.55 Å². The molecule has 0 amide bonds. The van der Waals surface area contributed by atoms with Crippen molar-refractivity contribution >= 4 is 0 Å². The molecule has 0 fully saturated rings. The van der Waals surface area contributed by atoms with E-state index >= 15 is 0 Å². The minimum Gasteiger partial charge on any atom is -0.332 e. The predicted octanol–water partition coefficient (Wildman–Crippen LogP) is 5.06. The van der Waals surface area contributed by atoms with Gasteiger partial charge in [-0.05, 0) is 20.8 Å². The summed E-state index contributed by atoms with van der Waals surface area (Å²) in [5.74, 6) is 1.01. The van der Waals surface area contributed by atoms with Crippen molar-refractivity contribution in [2.75, 3.05) is 0 Å². The minimum atomic E-state index is -0.681. The number of aryl methyl sites for hydroxylation is 2. The van der Waals surface area contributed by atoms with Crippen molar-refractivity contribution in [3.05, 3.63) is 100 Å². The van der Waals surface area contributed by atoms with Crippen molar-refractivity contribution in [1.29, 1.82) is 0 Å². The second kappa shape index (κ2) is 6.94. The highest BCUT2D eigenvalue weighted by atomic mass is 15.1. The van der Waals surface area contributed by atoms with Gasteiger partial charge in [0.1, 0.15) is 5.82 Å². The molecule has 0 aliphatic carbocycles. The number of hydrogen-bond donors (Lipinski definition) is 0. The van der Waals surface area contributed by atoms with E-state index in [9.17, 15) is 0 Å². The number of imidazole rings is 1. The third kappa shape index (κ3) is 3.08. The lowest BCUT2D eigenvalue weighted by molar-refractivity contribution is 0.497. The Morgan fingerprint density at radius 3 is 1.84 bits per heavy atom. The molecule has 0 radical (unpaired) electrons. The van der Waals surface area contributed by atoms with Gasteiger partial charge in [0, 0.05) is 23.4 Å². The van der Waals surface area contributed by atoms with Crippen LogP contribution in [0.3, 0.4) is 0 Å². The van der Waals surface area contributed by atoms with Crippen LogP contribution >= 0.6 is 0 Å². The Bertz CT molecular complexity index is 847. The molecule has 0 spiro atoms. The van der Waals surface area contributed by atoms with Crippen LogP contribution in [0.4, 0.5) is 0 Å². The minimum absolute atomic E-state index is 0.681. The van der Waals surface area contributed by atoms with Crippen LogP contribution in [0.25, 0.3) is 4.85 Å². The summed E-state index contributed by atoms with van der Waals surface area (Å²) >= 11 is 0. The summed E-state index contributed by atoms with van der Waals surface area (Å²) in [6, 6.07) is 20.3. The maximum absolute atomic E-state index is 8.06. The van der Waals surface area contributed by atoms with Crippen LogP contribution in [0, 0.1) is 27.3 Å². The molecule has 0 N–H and O–H groups in total. The third-order valence-corrected chi connectivity index (χ3v) is 5.04. The SMILES string of the molecule is [C-]#[N+]C(CCn1c(C)nc(C)c1C)(c1ccccc1)c1ccccc1. The van der Waals surface area contributed by atoms with Gasteiger partial charge in [-0.15, -0.1) is 0 Å². The van der Waals surface area contributed by atoms with Crippen LogP contribution in [0.15, 0.2) is 60.7 Å². The van der Waals surface area contributed by atoms with Crippen LogP contribution in [-0.4, -0.2) is 9.55 Å². The molecule has 3 rings (SSSR count). The monoisotopic (exact) mass is 329 g/mol. The first-order chi connectivity index (χ1) is 12.1. The Hall–Kier alpha value is -2.86. The Morgan fingerprint density at radius 2 is 1.44 bits per heavy atom. The summed E-state index contributed by atoms with van der Waals surface area (Å²) in [5, 5.41) is 0. The van der Waals surface area contributed by atoms with Crippen molar-refractivity contribution in [3.8, 4) is 0 Å². The lowest BCUT2D eigenvalue weighted by Crippen LogP contribution is -2.26. The number of rotatable bonds is 5. The largest absolute Gasteiger partial charge is 0.332 e. The van der Waals surface area contributed by atoms with E-state index in [0.29, 0.717) is 6.42 Å². The standard InChI is InChI=1S/C22H23N3/c1-17-18(2)25(19(3)24-17)16-15-22(23-4,20-11-7-5-8-12-20)21-13-9-6-10-14-21/h5-14H,15-16H2,1-3H3. The zero-order valence-electron chi connectivity index (χ0n) is 15.0.